The third-order valence-electron chi connectivity index (χ3n) is 3.90. The van der Waals surface area contributed by atoms with Crippen LogP contribution in [0.3, 0.4) is 0 Å². The minimum absolute atomic E-state index is 0.109. The van der Waals surface area contributed by atoms with Crippen LogP contribution in [0.4, 0.5) is 0 Å². The second-order valence-corrected chi connectivity index (χ2v) is 4.67. The molecule has 1 aliphatic carbocycles. The molecule has 3 unspecified atom stereocenters. The summed E-state index contributed by atoms with van der Waals surface area (Å²) in [5.74, 6) is 0.427. The van der Waals surface area contributed by atoms with E-state index >= 15 is 0 Å². The summed E-state index contributed by atoms with van der Waals surface area (Å²) in [4.78, 5) is 0. The van der Waals surface area contributed by atoms with Crippen molar-refractivity contribution >= 4 is 0 Å². The van der Waals surface area contributed by atoms with E-state index in [2.05, 4.69) is 13.8 Å². The summed E-state index contributed by atoms with van der Waals surface area (Å²) in [7, 11) is 0. The van der Waals surface area contributed by atoms with Gasteiger partial charge >= 0.3 is 0 Å². The maximum atomic E-state index is 9.91. The van der Waals surface area contributed by atoms with Gasteiger partial charge in [-0.2, -0.15) is 0 Å². The average Bonchev–Trinajstić information content (AvgIpc) is 2.17. The molecule has 1 rings (SSSR count). The first-order valence-corrected chi connectivity index (χ1v) is 5.52. The molecule has 3 N–H and O–H groups in total. The predicted molar refractivity (Wildman–Crippen MR) is 55.4 cm³/mol. The van der Waals surface area contributed by atoms with Crippen molar-refractivity contribution in [3.63, 3.8) is 0 Å². The number of aliphatic hydroxyl groups is 1. The van der Waals surface area contributed by atoms with Crippen LogP contribution in [0.1, 0.15) is 46.0 Å². The van der Waals surface area contributed by atoms with Gasteiger partial charge in [-0.3, -0.25) is 0 Å². The van der Waals surface area contributed by atoms with Crippen LogP contribution in [0.2, 0.25) is 0 Å². The average molecular weight is 185 g/mol. The van der Waals surface area contributed by atoms with Gasteiger partial charge in [0.05, 0.1) is 6.10 Å². The molecule has 0 aliphatic heterocycles. The van der Waals surface area contributed by atoms with E-state index in [4.69, 9.17) is 5.73 Å². The first-order valence-electron chi connectivity index (χ1n) is 5.52. The number of aliphatic hydroxyl groups excluding tert-OH is 1. The minimum atomic E-state index is -0.109. The van der Waals surface area contributed by atoms with Crippen molar-refractivity contribution in [1.29, 1.82) is 0 Å². The highest BCUT2D eigenvalue weighted by Gasteiger charge is 2.37. The summed E-state index contributed by atoms with van der Waals surface area (Å²) in [5.41, 5.74) is 5.95. The maximum Gasteiger partial charge on any atom is 0.0574 e. The zero-order valence-corrected chi connectivity index (χ0v) is 8.92. The van der Waals surface area contributed by atoms with Crippen molar-refractivity contribution in [3.05, 3.63) is 0 Å². The molecule has 13 heavy (non-hydrogen) atoms. The number of hydrogen-bond acceptors (Lipinski definition) is 2. The van der Waals surface area contributed by atoms with Gasteiger partial charge in [-0.15, -0.1) is 0 Å². The summed E-state index contributed by atoms with van der Waals surface area (Å²) in [5, 5.41) is 9.91. The van der Waals surface area contributed by atoms with Crippen LogP contribution in [0.15, 0.2) is 0 Å². The molecule has 0 heterocycles. The molecule has 2 nitrogen and oxygen atoms in total. The number of nitrogens with two attached hydrogens (primary N) is 1. The molecule has 0 aromatic rings. The monoisotopic (exact) mass is 185 g/mol. The lowest BCUT2D eigenvalue weighted by molar-refractivity contribution is -0.00350. The molecule has 1 fully saturated rings. The van der Waals surface area contributed by atoms with E-state index in [1.165, 1.54) is 12.8 Å². The lowest BCUT2D eigenvalue weighted by Crippen LogP contribution is -2.42. The Balaban J connectivity index is 2.65. The molecule has 78 valence electrons. The molecule has 0 aromatic carbocycles. The third-order valence-corrected chi connectivity index (χ3v) is 3.90. The fraction of sp³-hybridized carbons (Fsp3) is 1.00. The zero-order chi connectivity index (χ0) is 9.90. The Morgan fingerprint density at radius 1 is 1.38 bits per heavy atom. The van der Waals surface area contributed by atoms with Gasteiger partial charge in [-0.1, -0.05) is 26.7 Å². The summed E-state index contributed by atoms with van der Waals surface area (Å²) in [6.07, 6.45) is 5.54. The molecule has 0 aromatic heterocycles. The molecule has 0 amide bonds. The highest BCUT2D eigenvalue weighted by molar-refractivity contribution is 4.88. The molecule has 0 spiro atoms. The fourth-order valence-electron chi connectivity index (χ4n) is 2.48. The Morgan fingerprint density at radius 3 is 2.46 bits per heavy atom. The van der Waals surface area contributed by atoms with Crippen molar-refractivity contribution in [2.45, 2.75) is 52.1 Å². The van der Waals surface area contributed by atoms with Crippen LogP contribution in [0, 0.1) is 11.3 Å². The van der Waals surface area contributed by atoms with Crippen LogP contribution in [0.25, 0.3) is 0 Å². The second kappa shape index (κ2) is 4.43. The molecule has 0 bridgehead atoms. The Morgan fingerprint density at radius 2 is 2.00 bits per heavy atom. The van der Waals surface area contributed by atoms with E-state index in [0.717, 1.165) is 19.3 Å². The van der Waals surface area contributed by atoms with E-state index < -0.39 is 0 Å². The molecule has 1 saturated carbocycles. The van der Waals surface area contributed by atoms with E-state index in [1.54, 1.807) is 0 Å². The van der Waals surface area contributed by atoms with Gasteiger partial charge in [0.25, 0.3) is 0 Å². The highest BCUT2D eigenvalue weighted by Crippen LogP contribution is 2.40. The van der Waals surface area contributed by atoms with Gasteiger partial charge < -0.3 is 10.8 Å². The van der Waals surface area contributed by atoms with Crippen molar-refractivity contribution in [1.82, 2.24) is 0 Å². The van der Waals surface area contributed by atoms with Crippen molar-refractivity contribution in [3.8, 4) is 0 Å². The standard InChI is InChI=1S/C11H23NO/c1-3-11(2,8-12)9-6-4-5-7-10(9)13/h9-10,13H,3-8,12H2,1-2H3. The minimum Gasteiger partial charge on any atom is -0.393 e. The van der Waals surface area contributed by atoms with Gasteiger partial charge in [0.15, 0.2) is 0 Å². The molecule has 1 aliphatic rings. The first-order chi connectivity index (χ1) is 6.14. The van der Waals surface area contributed by atoms with E-state index in [9.17, 15) is 5.11 Å². The third kappa shape index (κ3) is 2.23. The second-order valence-electron chi connectivity index (χ2n) is 4.67. The predicted octanol–water partition coefficient (Wildman–Crippen LogP) is 1.91. The molecule has 0 radical (unpaired) electrons. The van der Waals surface area contributed by atoms with Crippen LogP contribution < -0.4 is 5.73 Å². The van der Waals surface area contributed by atoms with Gasteiger partial charge in [-0.25, -0.2) is 0 Å². The van der Waals surface area contributed by atoms with E-state index in [-0.39, 0.29) is 11.5 Å². The molecular formula is C11H23NO. The van der Waals surface area contributed by atoms with Gasteiger partial charge in [0.2, 0.25) is 0 Å². The maximum absolute atomic E-state index is 9.91. The Labute approximate surface area is 81.5 Å². The Hall–Kier alpha value is -0.0800. The van der Waals surface area contributed by atoms with E-state index in [0.29, 0.717) is 12.5 Å². The van der Waals surface area contributed by atoms with Crippen LogP contribution in [-0.4, -0.2) is 17.8 Å². The SMILES string of the molecule is CCC(C)(CN)C1CCCCC1O. The number of hydrogen-bond donors (Lipinski definition) is 2. The molecule has 2 heteroatoms. The quantitative estimate of drug-likeness (QED) is 0.705. The lowest BCUT2D eigenvalue weighted by atomic mass is 9.67. The fourth-order valence-corrected chi connectivity index (χ4v) is 2.48. The summed E-state index contributed by atoms with van der Waals surface area (Å²) < 4.78 is 0. The summed E-state index contributed by atoms with van der Waals surface area (Å²) in [6.45, 7) is 5.09. The highest BCUT2D eigenvalue weighted by atomic mass is 16.3. The number of rotatable bonds is 3. The smallest absolute Gasteiger partial charge is 0.0574 e. The van der Waals surface area contributed by atoms with Crippen LogP contribution >= 0.6 is 0 Å². The summed E-state index contributed by atoms with van der Waals surface area (Å²) in [6, 6.07) is 0. The van der Waals surface area contributed by atoms with Crippen molar-refractivity contribution < 1.29 is 5.11 Å². The largest absolute Gasteiger partial charge is 0.393 e. The van der Waals surface area contributed by atoms with Gasteiger partial charge in [0.1, 0.15) is 0 Å². The van der Waals surface area contributed by atoms with E-state index in [1.807, 2.05) is 0 Å². The van der Waals surface area contributed by atoms with Crippen molar-refractivity contribution in [2.75, 3.05) is 6.54 Å². The van der Waals surface area contributed by atoms with Gasteiger partial charge in [-0.05, 0) is 37.1 Å². The summed E-state index contributed by atoms with van der Waals surface area (Å²) >= 11 is 0. The topological polar surface area (TPSA) is 46.2 Å². The molecule has 0 saturated heterocycles. The van der Waals surface area contributed by atoms with Crippen molar-refractivity contribution in [2.24, 2.45) is 17.1 Å². The first kappa shape index (κ1) is 11.0. The molecular weight excluding hydrogens is 162 g/mol. The zero-order valence-electron chi connectivity index (χ0n) is 8.92. The normalized spacial score (nSPS) is 34.2. The lowest BCUT2D eigenvalue weighted by Gasteiger charge is -2.41. The van der Waals surface area contributed by atoms with Crippen LogP contribution in [0.5, 0.6) is 0 Å². The Kier molecular flexibility index (Phi) is 3.74. The molecule has 3 atom stereocenters. The van der Waals surface area contributed by atoms with Crippen LogP contribution in [-0.2, 0) is 0 Å². The Bertz CT molecular complexity index is 154. The van der Waals surface area contributed by atoms with Gasteiger partial charge in [0, 0.05) is 0 Å².